The summed E-state index contributed by atoms with van der Waals surface area (Å²) < 4.78 is 70.6. The fourth-order valence-corrected chi connectivity index (χ4v) is 5.35. The van der Waals surface area contributed by atoms with Gasteiger partial charge in [-0.25, -0.2) is 9.67 Å². The minimum absolute atomic E-state index is 0.0477. The van der Waals surface area contributed by atoms with Crippen molar-refractivity contribution in [2.24, 2.45) is 0 Å². The molecular formula is C32H33F4N3O2. The maximum atomic E-state index is 15.2. The zero-order valence-corrected chi connectivity index (χ0v) is 23.1. The zero-order chi connectivity index (χ0) is 29.0. The monoisotopic (exact) mass is 567 g/mol. The number of benzene rings is 2. The first-order chi connectivity index (χ1) is 19.7. The molecule has 0 spiro atoms. The maximum absolute atomic E-state index is 15.2. The van der Waals surface area contributed by atoms with E-state index in [9.17, 15) is 13.2 Å². The van der Waals surface area contributed by atoms with E-state index in [2.05, 4.69) is 17.0 Å². The smallest absolute Gasteiger partial charge is 0.393 e. The Bertz CT molecular complexity index is 1490. The summed E-state index contributed by atoms with van der Waals surface area (Å²) in [5.41, 5.74) is 2.22. The number of allylic oxidation sites excluding steroid dienone is 1. The molecule has 4 aromatic rings. The number of alkyl halides is 3. The van der Waals surface area contributed by atoms with Crippen molar-refractivity contribution in [3.63, 3.8) is 0 Å². The molecule has 2 aromatic heterocycles. The molecule has 5 rings (SSSR count). The van der Waals surface area contributed by atoms with Crippen LogP contribution in [0.3, 0.4) is 0 Å². The Morgan fingerprint density at radius 1 is 1.05 bits per heavy atom. The van der Waals surface area contributed by atoms with Gasteiger partial charge in [0.05, 0.1) is 23.4 Å². The molecule has 1 unspecified atom stereocenters. The SMILES string of the molecule is CCC[C@H](C)Oc1ccc(/C(=C(/CC(F)(F)F)c2ccccc2)c2ccc3c(c2)c(F)nn3C2CCCCO2)cn1. The maximum Gasteiger partial charge on any atom is 0.393 e. The average molecular weight is 568 g/mol. The Hall–Kier alpha value is -3.72. The third-order valence-corrected chi connectivity index (χ3v) is 7.22. The van der Waals surface area contributed by atoms with Gasteiger partial charge in [-0.15, -0.1) is 5.10 Å². The lowest BCUT2D eigenvalue weighted by Gasteiger charge is -2.23. The van der Waals surface area contributed by atoms with E-state index in [-0.39, 0.29) is 23.3 Å². The van der Waals surface area contributed by atoms with Gasteiger partial charge >= 0.3 is 6.18 Å². The van der Waals surface area contributed by atoms with Crippen LogP contribution in [0.4, 0.5) is 17.6 Å². The average Bonchev–Trinajstić information content (AvgIpc) is 3.30. The third kappa shape index (κ3) is 6.78. The van der Waals surface area contributed by atoms with Gasteiger partial charge < -0.3 is 9.47 Å². The molecule has 1 fully saturated rings. The Morgan fingerprint density at radius 3 is 2.49 bits per heavy atom. The van der Waals surface area contributed by atoms with Crippen LogP contribution in [-0.4, -0.2) is 33.7 Å². The molecule has 0 aliphatic carbocycles. The Balaban J connectivity index is 1.66. The van der Waals surface area contributed by atoms with Gasteiger partial charge in [-0.1, -0.05) is 49.7 Å². The summed E-state index contributed by atoms with van der Waals surface area (Å²) in [7, 11) is 0. The Morgan fingerprint density at radius 2 is 1.83 bits per heavy atom. The largest absolute Gasteiger partial charge is 0.475 e. The molecule has 216 valence electrons. The van der Waals surface area contributed by atoms with E-state index < -0.39 is 18.5 Å². The van der Waals surface area contributed by atoms with Crippen LogP contribution in [0.15, 0.2) is 66.9 Å². The number of ether oxygens (including phenoxy) is 2. The number of halogens is 4. The van der Waals surface area contributed by atoms with Crippen molar-refractivity contribution in [2.75, 3.05) is 6.61 Å². The van der Waals surface area contributed by atoms with Crippen molar-refractivity contribution < 1.29 is 27.0 Å². The van der Waals surface area contributed by atoms with E-state index in [0.29, 0.717) is 46.7 Å². The van der Waals surface area contributed by atoms with Gasteiger partial charge in [-0.2, -0.15) is 17.6 Å². The van der Waals surface area contributed by atoms with E-state index in [1.54, 1.807) is 60.7 Å². The second-order valence-corrected chi connectivity index (χ2v) is 10.4. The van der Waals surface area contributed by atoms with Crippen molar-refractivity contribution in [1.29, 1.82) is 0 Å². The molecule has 0 saturated carbocycles. The van der Waals surface area contributed by atoms with E-state index in [0.717, 1.165) is 25.7 Å². The van der Waals surface area contributed by atoms with Crippen LogP contribution in [0.25, 0.3) is 22.0 Å². The van der Waals surface area contributed by atoms with E-state index in [1.807, 2.05) is 6.92 Å². The molecule has 41 heavy (non-hydrogen) atoms. The molecule has 2 atom stereocenters. The van der Waals surface area contributed by atoms with Gasteiger partial charge in [-0.3, -0.25) is 0 Å². The van der Waals surface area contributed by atoms with E-state index >= 15 is 4.39 Å². The highest BCUT2D eigenvalue weighted by Crippen LogP contribution is 2.40. The summed E-state index contributed by atoms with van der Waals surface area (Å²) in [6, 6.07) is 16.8. The first kappa shape index (κ1) is 28.8. The molecule has 0 N–H and O–H groups in total. The topological polar surface area (TPSA) is 49.2 Å². The van der Waals surface area contributed by atoms with Crippen molar-refractivity contribution in [1.82, 2.24) is 14.8 Å². The molecule has 5 nitrogen and oxygen atoms in total. The van der Waals surface area contributed by atoms with Gasteiger partial charge in [0, 0.05) is 24.4 Å². The number of rotatable bonds is 9. The summed E-state index contributed by atoms with van der Waals surface area (Å²) in [6.07, 6.45) is -0.174. The Kier molecular flexibility index (Phi) is 8.73. The van der Waals surface area contributed by atoms with Gasteiger partial charge in [-0.05, 0) is 73.1 Å². The normalized spacial score (nSPS) is 17.4. The van der Waals surface area contributed by atoms with Crippen molar-refractivity contribution in [2.45, 2.75) is 70.9 Å². The third-order valence-electron chi connectivity index (χ3n) is 7.22. The predicted octanol–water partition coefficient (Wildman–Crippen LogP) is 8.75. The number of fused-ring (bicyclic) bond motifs is 1. The number of nitrogens with zero attached hydrogens (tertiary/aromatic N) is 3. The second kappa shape index (κ2) is 12.4. The molecule has 0 radical (unpaired) electrons. The van der Waals surface area contributed by atoms with Gasteiger partial charge in [0.15, 0.2) is 6.23 Å². The molecule has 2 aromatic carbocycles. The summed E-state index contributed by atoms with van der Waals surface area (Å²) >= 11 is 0. The molecular weight excluding hydrogens is 534 g/mol. The number of aromatic nitrogens is 3. The number of hydrogen-bond acceptors (Lipinski definition) is 4. The lowest BCUT2D eigenvalue weighted by Crippen LogP contribution is -2.19. The van der Waals surface area contributed by atoms with Crippen LogP contribution in [0.2, 0.25) is 0 Å². The summed E-state index contributed by atoms with van der Waals surface area (Å²) in [5.74, 6) is -0.305. The van der Waals surface area contributed by atoms with Crippen LogP contribution in [0, 0.1) is 5.95 Å². The van der Waals surface area contributed by atoms with Crippen LogP contribution >= 0.6 is 0 Å². The standard InChI is InChI=1S/C32H33F4N3O2/c1-3-9-21(2)41-28-16-14-24(20-37-28)30(26(19-32(34,35)36)22-10-5-4-6-11-22)23-13-15-27-25(18-23)31(33)38-39(27)29-12-7-8-17-40-29/h4-6,10-11,13-16,18,20-21,29H,3,7-9,12,17,19H2,1-2H3/b30-26-/t21-,29?/m0/s1. The molecule has 0 bridgehead atoms. The highest BCUT2D eigenvalue weighted by Gasteiger charge is 2.32. The highest BCUT2D eigenvalue weighted by molar-refractivity contribution is 6.00. The fourth-order valence-electron chi connectivity index (χ4n) is 5.35. The summed E-state index contributed by atoms with van der Waals surface area (Å²) in [6.45, 7) is 4.58. The highest BCUT2D eigenvalue weighted by atomic mass is 19.4. The quantitative estimate of drug-likeness (QED) is 0.150. The molecule has 9 heteroatoms. The molecule has 1 aliphatic heterocycles. The first-order valence-electron chi connectivity index (χ1n) is 14.0. The van der Waals surface area contributed by atoms with E-state index in [1.165, 1.54) is 10.9 Å². The van der Waals surface area contributed by atoms with Crippen LogP contribution < -0.4 is 4.74 Å². The minimum atomic E-state index is -4.49. The second-order valence-electron chi connectivity index (χ2n) is 10.4. The zero-order valence-electron chi connectivity index (χ0n) is 23.1. The van der Waals surface area contributed by atoms with Crippen LogP contribution in [0.5, 0.6) is 5.88 Å². The minimum Gasteiger partial charge on any atom is -0.475 e. The number of hydrogen-bond donors (Lipinski definition) is 0. The summed E-state index contributed by atoms with van der Waals surface area (Å²) in [5, 5.41) is 4.32. The van der Waals surface area contributed by atoms with Crippen molar-refractivity contribution in [3.8, 4) is 5.88 Å². The first-order valence-corrected chi connectivity index (χ1v) is 14.0. The van der Waals surface area contributed by atoms with Crippen molar-refractivity contribution >= 4 is 22.0 Å². The van der Waals surface area contributed by atoms with Crippen molar-refractivity contribution in [3.05, 3.63) is 89.5 Å². The Labute approximate surface area is 236 Å². The molecule has 1 aliphatic rings. The number of pyridine rings is 1. The van der Waals surface area contributed by atoms with E-state index in [4.69, 9.17) is 9.47 Å². The van der Waals surface area contributed by atoms with Crippen LogP contribution in [0.1, 0.15) is 75.3 Å². The fraction of sp³-hybridized carbons (Fsp3) is 0.375. The molecule has 1 saturated heterocycles. The molecule has 0 amide bonds. The van der Waals surface area contributed by atoms with Gasteiger partial charge in [0.2, 0.25) is 11.8 Å². The van der Waals surface area contributed by atoms with Crippen LogP contribution in [-0.2, 0) is 4.74 Å². The van der Waals surface area contributed by atoms with Gasteiger partial charge in [0.1, 0.15) is 0 Å². The predicted molar refractivity (Wildman–Crippen MR) is 151 cm³/mol. The lowest BCUT2D eigenvalue weighted by atomic mass is 9.88. The van der Waals surface area contributed by atoms with Gasteiger partial charge in [0.25, 0.3) is 0 Å². The summed E-state index contributed by atoms with van der Waals surface area (Å²) in [4.78, 5) is 4.42. The molecule has 3 heterocycles. The lowest BCUT2D eigenvalue weighted by molar-refractivity contribution is -0.122.